The minimum absolute atomic E-state index is 0.0282. The molecule has 0 radical (unpaired) electrons. The Labute approximate surface area is 96.3 Å². The molecule has 94 valence electrons. The molecule has 7 heteroatoms. The maximum absolute atomic E-state index is 11.7. The first-order valence-corrected chi connectivity index (χ1v) is 6.10. The Hall–Kier alpha value is -0.430. The summed E-state index contributed by atoms with van der Waals surface area (Å²) in [5.41, 5.74) is 1.48. The monoisotopic (exact) mass is 256 g/mol. The van der Waals surface area contributed by atoms with Gasteiger partial charge in [-0.1, -0.05) is 0 Å². The van der Waals surface area contributed by atoms with Gasteiger partial charge in [0.15, 0.2) is 0 Å². The van der Waals surface area contributed by atoms with Gasteiger partial charge < -0.3 is 11.1 Å². The number of thioether (sulfide) groups is 1. The molecule has 1 aliphatic rings. The number of halogens is 3. The maximum atomic E-state index is 11.7. The smallest absolute Gasteiger partial charge is 0.355 e. The summed E-state index contributed by atoms with van der Waals surface area (Å²) < 4.78 is 35.2. The molecule has 3 nitrogen and oxygen atoms in total. The van der Waals surface area contributed by atoms with E-state index in [4.69, 9.17) is 5.73 Å². The Balaban J connectivity index is 2.01. The van der Waals surface area contributed by atoms with Crippen molar-refractivity contribution in [3.63, 3.8) is 0 Å². The molecule has 1 unspecified atom stereocenters. The number of rotatable bonds is 6. The van der Waals surface area contributed by atoms with Crippen LogP contribution in [-0.4, -0.2) is 29.8 Å². The first-order valence-electron chi connectivity index (χ1n) is 5.11. The molecule has 3 N–H and O–H groups in total. The highest BCUT2D eigenvalue weighted by atomic mass is 32.2. The van der Waals surface area contributed by atoms with Gasteiger partial charge in [0, 0.05) is 24.8 Å². The summed E-state index contributed by atoms with van der Waals surface area (Å²) in [6.07, 6.45) is 2.32. The molecule has 1 rings (SSSR count). The van der Waals surface area contributed by atoms with Gasteiger partial charge in [-0.05, 0) is 30.5 Å². The summed E-state index contributed by atoms with van der Waals surface area (Å²) in [5, 5.41) is 2.43. The van der Waals surface area contributed by atoms with Crippen molar-refractivity contribution in [1.29, 1.82) is 0 Å². The lowest BCUT2D eigenvalue weighted by atomic mass is 10.1. The molecule has 0 bridgehead atoms. The van der Waals surface area contributed by atoms with Gasteiger partial charge in [0.25, 0.3) is 0 Å². The van der Waals surface area contributed by atoms with Crippen molar-refractivity contribution in [2.24, 2.45) is 11.7 Å². The third kappa shape index (κ3) is 6.22. The largest absolute Gasteiger partial charge is 0.441 e. The fraction of sp³-hybridized carbons (Fsp3) is 0.889. The molecular formula is C9H15F3N2OS. The Morgan fingerprint density at radius 1 is 1.50 bits per heavy atom. The van der Waals surface area contributed by atoms with Crippen LogP contribution in [0.2, 0.25) is 0 Å². The standard InChI is InChI=1S/C9H15F3N2OS/c10-9(11,12)16-4-3-14-8(15)5-7(13)6-1-2-6/h6-7H,1-5,13H2,(H,14,15). The summed E-state index contributed by atoms with van der Waals surface area (Å²) in [6, 6.07) is -0.143. The Kier molecular flexibility index (Phi) is 4.91. The summed E-state index contributed by atoms with van der Waals surface area (Å²) in [7, 11) is 0. The third-order valence-corrected chi connectivity index (χ3v) is 3.07. The van der Waals surface area contributed by atoms with Crippen molar-refractivity contribution in [2.45, 2.75) is 30.8 Å². The highest BCUT2D eigenvalue weighted by Gasteiger charge is 2.30. The van der Waals surface area contributed by atoms with Crippen LogP contribution in [0.3, 0.4) is 0 Å². The molecule has 0 aromatic carbocycles. The lowest BCUT2D eigenvalue weighted by Crippen LogP contribution is -2.34. The average molecular weight is 256 g/mol. The van der Waals surface area contributed by atoms with Crippen molar-refractivity contribution in [2.75, 3.05) is 12.3 Å². The van der Waals surface area contributed by atoms with Gasteiger partial charge in [0.05, 0.1) is 0 Å². The number of hydrogen-bond acceptors (Lipinski definition) is 3. The molecule has 1 atom stereocenters. The molecule has 1 saturated carbocycles. The van der Waals surface area contributed by atoms with Crippen molar-refractivity contribution in [3.05, 3.63) is 0 Å². The van der Waals surface area contributed by atoms with E-state index in [9.17, 15) is 18.0 Å². The fourth-order valence-electron chi connectivity index (χ4n) is 1.33. The van der Waals surface area contributed by atoms with E-state index in [1.165, 1.54) is 0 Å². The van der Waals surface area contributed by atoms with Gasteiger partial charge >= 0.3 is 5.51 Å². The molecule has 0 aromatic rings. The average Bonchev–Trinajstić information content (AvgIpc) is 2.93. The predicted molar refractivity (Wildman–Crippen MR) is 56.8 cm³/mol. The second-order valence-electron chi connectivity index (χ2n) is 3.85. The highest BCUT2D eigenvalue weighted by molar-refractivity contribution is 8.00. The van der Waals surface area contributed by atoms with Crippen molar-refractivity contribution >= 4 is 17.7 Å². The number of nitrogens with two attached hydrogens (primary N) is 1. The molecule has 1 aliphatic carbocycles. The zero-order valence-electron chi connectivity index (χ0n) is 8.72. The Morgan fingerprint density at radius 2 is 2.12 bits per heavy atom. The molecule has 0 aromatic heterocycles. The van der Waals surface area contributed by atoms with Gasteiger partial charge in [0.1, 0.15) is 0 Å². The number of nitrogens with one attached hydrogen (secondary N) is 1. The fourth-order valence-corrected chi connectivity index (χ4v) is 1.77. The molecule has 0 aliphatic heterocycles. The first kappa shape index (κ1) is 13.6. The van der Waals surface area contributed by atoms with Crippen LogP contribution in [-0.2, 0) is 4.79 Å². The molecule has 1 amide bonds. The van der Waals surface area contributed by atoms with E-state index in [1.807, 2.05) is 0 Å². The van der Waals surface area contributed by atoms with Crippen molar-refractivity contribution < 1.29 is 18.0 Å². The summed E-state index contributed by atoms with van der Waals surface area (Å²) >= 11 is -0.133. The summed E-state index contributed by atoms with van der Waals surface area (Å²) in [4.78, 5) is 11.2. The van der Waals surface area contributed by atoms with Gasteiger partial charge in [-0.3, -0.25) is 4.79 Å². The number of alkyl halides is 3. The number of amides is 1. The normalized spacial score (nSPS) is 18.2. The zero-order chi connectivity index (χ0) is 12.2. The lowest BCUT2D eigenvalue weighted by Gasteiger charge is -2.10. The van der Waals surface area contributed by atoms with E-state index < -0.39 is 5.51 Å². The minimum Gasteiger partial charge on any atom is -0.355 e. The van der Waals surface area contributed by atoms with Crippen LogP contribution >= 0.6 is 11.8 Å². The molecule has 0 saturated heterocycles. The van der Waals surface area contributed by atoms with E-state index in [-0.39, 0.29) is 42.4 Å². The second-order valence-corrected chi connectivity index (χ2v) is 5.01. The third-order valence-electron chi connectivity index (χ3n) is 2.34. The van der Waals surface area contributed by atoms with Crippen LogP contribution in [0, 0.1) is 5.92 Å². The first-order chi connectivity index (χ1) is 7.38. The number of carbonyl (C=O) groups is 1. The molecule has 16 heavy (non-hydrogen) atoms. The van der Waals surface area contributed by atoms with Gasteiger partial charge in [-0.2, -0.15) is 13.2 Å². The van der Waals surface area contributed by atoms with Gasteiger partial charge in [-0.15, -0.1) is 0 Å². The summed E-state index contributed by atoms with van der Waals surface area (Å²) in [6.45, 7) is 0.0282. The highest BCUT2D eigenvalue weighted by Crippen LogP contribution is 2.32. The van der Waals surface area contributed by atoms with E-state index >= 15 is 0 Å². The molecule has 0 heterocycles. The maximum Gasteiger partial charge on any atom is 0.441 e. The van der Waals surface area contributed by atoms with Crippen LogP contribution < -0.4 is 11.1 Å². The molecule has 0 spiro atoms. The molecular weight excluding hydrogens is 241 g/mol. The minimum atomic E-state index is -4.23. The van der Waals surface area contributed by atoms with Crippen LogP contribution in [0.15, 0.2) is 0 Å². The van der Waals surface area contributed by atoms with Crippen molar-refractivity contribution in [1.82, 2.24) is 5.32 Å². The number of carbonyl (C=O) groups excluding carboxylic acids is 1. The topological polar surface area (TPSA) is 55.1 Å². The van der Waals surface area contributed by atoms with Crippen molar-refractivity contribution in [3.8, 4) is 0 Å². The predicted octanol–water partition coefficient (Wildman–Crippen LogP) is 1.48. The van der Waals surface area contributed by atoms with Crippen LogP contribution in [0.25, 0.3) is 0 Å². The van der Waals surface area contributed by atoms with Crippen LogP contribution in [0.1, 0.15) is 19.3 Å². The van der Waals surface area contributed by atoms with Gasteiger partial charge in [-0.25, -0.2) is 0 Å². The second kappa shape index (κ2) is 5.77. The molecule has 1 fully saturated rings. The van der Waals surface area contributed by atoms with E-state index in [1.54, 1.807) is 0 Å². The van der Waals surface area contributed by atoms with E-state index in [2.05, 4.69) is 5.32 Å². The Bertz CT molecular complexity index is 243. The zero-order valence-corrected chi connectivity index (χ0v) is 9.53. The number of hydrogen-bond donors (Lipinski definition) is 2. The van der Waals surface area contributed by atoms with E-state index in [0.29, 0.717) is 5.92 Å². The van der Waals surface area contributed by atoms with Crippen LogP contribution in [0.5, 0.6) is 0 Å². The van der Waals surface area contributed by atoms with Gasteiger partial charge in [0.2, 0.25) is 5.91 Å². The van der Waals surface area contributed by atoms with Crippen LogP contribution in [0.4, 0.5) is 13.2 Å². The SMILES string of the molecule is NC(CC(=O)NCCSC(F)(F)F)C1CC1. The van der Waals surface area contributed by atoms with E-state index in [0.717, 1.165) is 12.8 Å². The summed E-state index contributed by atoms with van der Waals surface area (Å²) in [5.74, 6) is 0.00551. The quantitative estimate of drug-likeness (QED) is 0.708. The lowest BCUT2D eigenvalue weighted by molar-refractivity contribution is -0.121. The Morgan fingerprint density at radius 3 is 2.62 bits per heavy atom.